The molecule has 1 aliphatic rings. The van der Waals surface area contributed by atoms with Crippen LogP contribution >= 0.6 is 0 Å². The molecule has 1 aliphatic heterocycles. The molecule has 1 aromatic carbocycles. The van der Waals surface area contributed by atoms with E-state index in [1.807, 2.05) is 18.2 Å². The largest absolute Gasteiger partial charge is 0.492 e. The van der Waals surface area contributed by atoms with Crippen molar-refractivity contribution in [3.05, 3.63) is 29.3 Å². The van der Waals surface area contributed by atoms with Gasteiger partial charge in [0.2, 0.25) is 0 Å². The van der Waals surface area contributed by atoms with Crippen molar-refractivity contribution in [2.75, 3.05) is 6.61 Å². The highest BCUT2D eigenvalue weighted by molar-refractivity contribution is 5.51. The molecular formula is C11H11NO. The molecule has 2 N–H and O–H groups in total. The van der Waals surface area contributed by atoms with Crippen molar-refractivity contribution in [1.29, 1.82) is 0 Å². The third-order valence-electron chi connectivity index (χ3n) is 2.28. The minimum absolute atomic E-state index is 0.0667. The molecule has 13 heavy (non-hydrogen) atoms. The fourth-order valence-electron chi connectivity index (χ4n) is 1.57. The Morgan fingerprint density at radius 1 is 1.54 bits per heavy atom. The molecule has 0 bridgehead atoms. The Morgan fingerprint density at radius 2 is 2.38 bits per heavy atom. The van der Waals surface area contributed by atoms with Gasteiger partial charge < -0.3 is 10.5 Å². The molecule has 2 heteroatoms. The summed E-state index contributed by atoms with van der Waals surface area (Å²) in [6, 6.07) is 5.83. The number of rotatable bonds is 0. The first kappa shape index (κ1) is 8.15. The first-order valence-corrected chi connectivity index (χ1v) is 4.31. The van der Waals surface area contributed by atoms with Gasteiger partial charge in [0, 0.05) is 18.0 Å². The quantitative estimate of drug-likeness (QED) is 0.603. The first-order chi connectivity index (χ1) is 6.33. The predicted octanol–water partition coefficient (Wildman–Crippen LogP) is 1.45. The molecule has 0 aromatic heterocycles. The molecule has 0 aliphatic carbocycles. The van der Waals surface area contributed by atoms with Gasteiger partial charge in [0.1, 0.15) is 5.75 Å². The van der Waals surface area contributed by atoms with Crippen molar-refractivity contribution in [3.63, 3.8) is 0 Å². The van der Waals surface area contributed by atoms with E-state index in [4.69, 9.17) is 16.9 Å². The third kappa shape index (κ3) is 1.28. The summed E-state index contributed by atoms with van der Waals surface area (Å²) in [5, 5.41) is 0. The monoisotopic (exact) mass is 173 g/mol. The molecule has 0 fully saturated rings. The Morgan fingerprint density at radius 3 is 3.15 bits per heavy atom. The summed E-state index contributed by atoms with van der Waals surface area (Å²) in [4.78, 5) is 0. The summed E-state index contributed by atoms with van der Waals surface area (Å²) in [5.74, 6) is 3.39. The fourth-order valence-corrected chi connectivity index (χ4v) is 1.57. The van der Waals surface area contributed by atoms with E-state index in [2.05, 4.69) is 5.92 Å². The van der Waals surface area contributed by atoms with Crippen LogP contribution in [0.1, 0.15) is 23.6 Å². The minimum Gasteiger partial charge on any atom is -0.492 e. The summed E-state index contributed by atoms with van der Waals surface area (Å²) < 4.78 is 5.49. The predicted molar refractivity (Wildman–Crippen MR) is 51.4 cm³/mol. The molecule has 1 atom stereocenters. The standard InChI is InChI=1S/C11H11NO/c1-2-8-4-3-5-9-10(12)6-7-13-11(8)9/h1,3-5,10H,6-7,12H2. The molecular weight excluding hydrogens is 162 g/mol. The van der Waals surface area contributed by atoms with E-state index in [0.717, 1.165) is 23.3 Å². The van der Waals surface area contributed by atoms with Gasteiger partial charge in [-0.25, -0.2) is 0 Å². The number of hydrogen-bond acceptors (Lipinski definition) is 2. The van der Waals surface area contributed by atoms with Gasteiger partial charge in [0.15, 0.2) is 0 Å². The van der Waals surface area contributed by atoms with Crippen molar-refractivity contribution in [2.45, 2.75) is 12.5 Å². The minimum atomic E-state index is 0.0667. The molecule has 66 valence electrons. The number of ether oxygens (including phenoxy) is 1. The fraction of sp³-hybridized carbons (Fsp3) is 0.273. The van der Waals surface area contributed by atoms with Gasteiger partial charge in [0.05, 0.1) is 12.2 Å². The SMILES string of the molecule is C#Cc1cccc2c1OCCC2N. The van der Waals surface area contributed by atoms with Crippen LogP contribution in [-0.2, 0) is 0 Å². The van der Waals surface area contributed by atoms with Gasteiger partial charge in [0.25, 0.3) is 0 Å². The highest BCUT2D eigenvalue weighted by Crippen LogP contribution is 2.32. The number of hydrogen-bond donors (Lipinski definition) is 1. The van der Waals surface area contributed by atoms with Crippen molar-refractivity contribution in [3.8, 4) is 18.1 Å². The van der Waals surface area contributed by atoms with Crippen LogP contribution in [0.4, 0.5) is 0 Å². The molecule has 1 aromatic rings. The maximum absolute atomic E-state index is 5.92. The second-order valence-corrected chi connectivity index (χ2v) is 3.11. The van der Waals surface area contributed by atoms with E-state index in [-0.39, 0.29) is 6.04 Å². The Kier molecular flexibility index (Phi) is 1.96. The Balaban J connectivity index is 2.56. The van der Waals surface area contributed by atoms with E-state index >= 15 is 0 Å². The average molecular weight is 173 g/mol. The van der Waals surface area contributed by atoms with Gasteiger partial charge in [-0.2, -0.15) is 0 Å². The van der Waals surface area contributed by atoms with Crippen LogP contribution < -0.4 is 10.5 Å². The lowest BCUT2D eigenvalue weighted by molar-refractivity contribution is 0.268. The van der Waals surface area contributed by atoms with Crippen molar-refractivity contribution < 1.29 is 4.74 Å². The highest BCUT2D eigenvalue weighted by atomic mass is 16.5. The Labute approximate surface area is 77.7 Å². The number of benzene rings is 1. The lowest BCUT2D eigenvalue weighted by Gasteiger charge is -2.23. The van der Waals surface area contributed by atoms with E-state index in [0.29, 0.717) is 6.61 Å². The Hall–Kier alpha value is -1.46. The molecule has 0 saturated heterocycles. The third-order valence-corrected chi connectivity index (χ3v) is 2.28. The van der Waals surface area contributed by atoms with Gasteiger partial charge in [-0.05, 0) is 6.07 Å². The van der Waals surface area contributed by atoms with E-state index in [9.17, 15) is 0 Å². The molecule has 2 nitrogen and oxygen atoms in total. The second-order valence-electron chi connectivity index (χ2n) is 3.11. The summed E-state index contributed by atoms with van der Waals surface area (Å²) in [5.41, 5.74) is 7.75. The maximum Gasteiger partial charge on any atom is 0.139 e. The normalized spacial score (nSPS) is 19.8. The highest BCUT2D eigenvalue weighted by Gasteiger charge is 2.19. The lowest BCUT2D eigenvalue weighted by atomic mass is 9.99. The number of nitrogens with two attached hydrogens (primary N) is 1. The van der Waals surface area contributed by atoms with Crippen LogP contribution in [0.2, 0.25) is 0 Å². The molecule has 2 rings (SSSR count). The molecule has 0 spiro atoms. The molecule has 1 unspecified atom stereocenters. The lowest BCUT2D eigenvalue weighted by Crippen LogP contribution is -2.21. The van der Waals surface area contributed by atoms with Crippen LogP contribution in [0.3, 0.4) is 0 Å². The van der Waals surface area contributed by atoms with Crippen LogP contribution in [-0.4, -0.2) is 6.61 Å². The van der Waals surface area contributed by atoms with E-state index < -0.39 is 0 Å². The second kappa shape index (κ2) is 3.12. The summed E-state index contributed by atoms with van der Waals surface area (Å²) in [7, 11) is 0. The summed E-state index contributed by atoms with van der Waals surface area (Å²) in [6.07, 6.45) is 6.21. The van der Waals surface area contributed by atoms with Crippen molar-refractivity contribution >= 4 is 0 Å². The summed E-state index contributed by atoms with van der Waals surface area (Å²) in [6.45, 7) is 0.660. The summed E-state index contributed by atoms with van der Waals surface area (Å²) >= 11 is 0. The number of para-hydroxylation sites is 1. The van der Waals surface area contributed by atoms with Crippen LogP contribution in [0.5, 0.6) is 5.75 Å². The molecule has 0 amide bonds. The van der Waals surface area contributed by atoms with Crippen LogP contribution in [0.15, 0.2) is 18.2 Å². The first-order valence-electron chi connectivity index (χ1n) is 4.31. The molecule has 0 saturated carbocycles. The zero-order chi connectivity index (χ0) is 9.26. The van der Waals surface area contributed by atoms with Crippen molar-refractivity contribution in [2.24, 2.45) is 5.73 Å². The smallest absolute Gasteiger partial charge is 0.139 e. The van der Waals surface area contributed by atoms with Gasteiger partial charge >= 0.3 is 0 Å². The molecule has 1 heterocycles. The van der Waals surface area contributed by atoms with E-state index in [1.165, 1.54) is 0 Å². The number of terminal acetylenes is 1. The number of fused-ring (bicyclic) bond motifs is 1. The van der Waals surface area contributed by atoms with Crippen LogP contribution in [0.25, 0.3) is 0 Å². The van der Waals surface area contributed by atoms with Gasteiger partial charge in [-0.1, -0.05) is 18.1 Å². The van der Waals surface area contributed by atoms with Crippen LogP contribution in [0, 0.1) is 12.3 Å². The van der Waals surface area contributed by atoms with E-state index in [1.54, 1.807) is 0 Å². The Bertz CT molecular complexity index is 365. The zero-order valence-electron chi connectivity index (χ0n) is 7.29. The van der Waals surface area contributed by atoms with Gasteiger partial charge in [-0.3, -0.25) is 0 Å². The average Bonchev–Trinajstić information content (AvgIpc) is 2.18. The topological polar surface area (TPSA) is 35.2 Å². The zero-order valence-corrected chi connectivity index (χ0v) is 7.29. The molecule has 0 radical (unpaired) electrons. The maximum atomic E-state index is 5.92. The van der Waals surface area contributed by atoms with Gasteiger partial charge in [-0.15, -0.1) is 6.42 Å². The van der Waals surface area contributed by atoms with Crippen molar-refractivity contribution in [1.82, 2.24) is 0 Å².